The van der Waals surface area contributed by atoms with Crippen LogP contribution in [0.15, 0.2) is 48.7 Å². The number of hydrogen-bond acceptors (Lipinski definition) is 11. The molecule has 2 unspecified atom stereocenters. The number of aromatic nitrogens is 3. The summed E-state index contributed by atoms with van der Waals surface area (Å²) in [7, 11) is 0. The summed E-state index contributed by atoms with van der Waals surface area (Å²) >= 11 is 0. The van der Waals surface area contributed by atoms with Crippen molar-refractivity contribution in [2.45, 2.75) is 127 Å². The molecule has 6 fully saturated rings. The van der Waals surface area contributed by atoms with Gasteiger partial charge in [0.25, 0.3) is 5.91 Å². The Kier molecular flexibility index (Phi) is 11.5. The van der Waals surface area contributed by atoms with E-state index in [9.17, 15) is 14.4 Å². The van der Waals surface area contributed by atoms with Crippen molar-refractivity contribution < 1.29 is 33.0 Å². The van der Waals surface area contributed by atoms with Crippen LogP contribution in [-0.2, 0) is 25.6 Å². The lowest BCUT2D eigenvalue weighted by Crippen LogP contribution is -2.52. The fraction of sp³-hybridized carbons (Fsp3) is 0.580. The van der Waals surface area contributed by atoms with Crippen molar-refractivity contribution in [3.05, 3.63) is 65.6 Å². The molecule has 2 aromatic heterocycles. The highest BCUT2D eigenvalue weighted by Gasteiger charge is 2.42. The molecule has 15 heteroatoms. The molecule has 3 amide bonds. The second kappa shape index (κ2) is 17.6. The summed E-state index contributed by atoms with van der Waals surface area (Å²) in [6.07, 6.45) is 14.6. The molecule has 0 bridgehead atoms. The van der Waals surface area contributed by atoms with Crippen LogP contribution in [0.2, 0.25) is 0 Å². The van der Waals surface area contributed by atoms with Gasteiger partial charge in [-0.3, -0.25) is 24.6 Å². The van der Waals surface area contributed by atoms with Crippen molar-refractivity contribution in [1.82, 2.24) is 29.9 Å². The molecule has 0 spiro atoms. The van der Waals surface area contributed by atoms with Gasteiger partial charge >= 0.3 is 0 Å². The summed E-state index contributed by atoms with van der Waals surface area (Å²) in [5, 5.41) is 8.60. The lowest BCUT2D eigenvalue weighted by atomic mass is 9.86. The fourth-order valence-corrected chi connectivity index (χ4v) is 11.2. The maximum absolute atomic E-state index is 16.0. The van der Waals surface area contributed by atoms with E-state index < -0.39 is 11.9 Å². The van der Waals surface area contributed by atoms with Gasteiger partial charge in [-0.2, -0.15) is 5.10 Å². The number of pyridine rings is 1. The van der Waals surface area contributed by atoms with E-state index in [4.69, 9.17) is 24.3 Å². The molecule has 11 rings (SSSR count). The molecule has 4 aromatic rings. The maximum Gasteiger partial charge on any atom is 0.255 e. The second-order valence-electron chi connectivity index (χ2n) is 19.8. The Labute approximate surface area is 379 Å². The summed E-state index contributed by atoms with van der Waals surface area (Å²) in [4.78, 5) is 50.6. The fourth-order valence-electron chi connectivity index (χ4n) is 11.2. The third-order valence-corrected chi connectivity index (χ3v) is 15.2. The number of rotatable bonds is 11. The van der Waals surface area contributed by atoms with Crippen molar-refractivity contribution in [3.8, 4) is 17.0 Å². The highest BCUT2D eigenvalue weighted by atomic mass is 19.1. The van der Waals surface area contributed by atoms with Gasteiger partial charge in [-0.05, 0) is 132 Å². The van der Waals surface area contributed by atoms with Gasteiger partial charge < -0.3 is 28.9 Å². The monoisotopic (exact) mass is 888 g/mol. The van der Waals surface area contributed by atoms with Gasteiger partial charge in [-0.25, -0.2) is 14.1 Å². The number of piperazine rings is 1. The molecule has 7 aliphatic rings. The molecular formula is C50H61FN8O6. The Balaban J connectivity index is 0.649. The van der Waals surface area contributed by atoms with Crippen LogP contribution in [0.3, 0.4) is 0 Å². The summed E-state index contributed by atoms with van der Waals surface area (Å²) in [5.74, 6) is 0.930. The quantitative estimate of drug-likeness (QED) is 0.156. The Morgan fingerprint density at radius 2 is 1.66 bits per heavy atom. The van der Waals surface area contributed by atoms with Gasteiger partial charge in [0.2, 0.25) is 11.8 Å². The number of ether oxygens (including phenoxy) is 3. The van der Waals surface area contributed by atoms with Gasteiger partial charge in [0, 0.05) is 87.1 Å². The molecule has 5 aliphatic heterocycles. The first kappa shape index (κ1) is 42.5. The van der Waals surface area contributed by atoms with Crippen molar-refractivity contribution in [2.75, 3.05) is 62.2 Å². The Bertz CT molecular complexity index is 2440. The van der Waals surface area contributed by atoms with Crippen LogP contribution in [0.1, 0.15) is 113 Å². The number of carbonyl (C=O) groups is 3. The Hall–Kier alpha value is -5.12. The minimum absolute atomic E-state index is 0.0399. The second-order valence-corrected chi connectivity index (χ2v) is 19.8. The zero-order valence-electron chi connectivity index (χ0n) is 37.5. The standard InChI is InChI=1S/C50H61FN8O6/c1-50(18-19-50)65-36-9-11-40-38(29-36)47(54-59(40)45-4-2-3-27-63-45)33-15-20-52-43(28-33)57-21-16-35(17-22-57)64-34-7-5-32(6-8-34)30-55-23-25-56(26-24-55)41-12-10-37-39(46(41)51)31-58(49(37)62)42-13-14-44(60)53-48(42)61/h9-12,15,20,28-29,32,34-35,42,45H,2-8,13-14,16-19,21-27,30-31H2,1H3,(H,53,60,61)/t32-,34-,42?,45?. The average Bonchev–Trinajstić information content (AvgIpc) is 3.78. The molecule has 7 heterocycles. The van der Waals surface area contributed by atoms with E-state index in [-0.39, 0.29) is 55.0 Å². The van der Waals surface area contributed by atoms with Crippen LogP contribution in [0.4, 0.5) is 15.9 Å². The van der Waals surface area contributed by atoms with Crippen molar-refractivity contribution >= 4 is 40.1 Å². The van der Waals surface area contributed by atoms with Crippen molar-refractivity contribution in [1.29, 1.82) is 0 Å². The van der Waals surface area contributed by atoms with Gasteiger partial charge in [0.05, 0.1) is 30.0 Å². The molecular weight excluding hydrogens is 828 g/mol. The highest BCUT2D eigenvalue weighted by Crippen LogP contribution is 2.42. The molecule has 1 N–H and O–H groups in total. The number of piperidine rings is 2. The molecule has 2 saturated carbocycles. The first-order valence-corrected chi connectivity index (χ1v) is 24.3. The molecule has 2 atom stereocenters. The molecule has 2 aromatic carbocycles. The zero-order valence-corrected chi connectivity index (χ0v) is 37.5. The number of benzene rings is 2. The number of halogens is 1. The highest BCUT2D eigenvalue weighted by molar-refractivity contribution is 6.05. The summed E-state index contributed by atoms with van der Waals surface area (Å²) in [5.41, 5.74) is 4.15. The topological polar surface area (TPSA) is 135 Å². The first-order chi connectivity index (χ1) is 31.6. The molecule has 4 saturated heterocycles. The third kappa shape index (κ3) is 8.71. The van der Waals surface area contributed by atoms with Crippen LogP contribution < -0.4 is 19.9 Å². The summed E-state index contributed by atoms with van der Waals surface area (Å²) in [6.45, 7) is 8.97. The lowest BCUT2D eigenvalue weighted by Gasteiger charge is -2.40. The molecule has 2 aliphatic carbocycles. The average molecular weight is 889 g/mol. The van der Waals surface area contributed by atoms with Crippen molar-refractivity contribution in [2.24, 2.45) is 5.92 Å². The number of imide groups is 1. The predicted octanol–water partition coefficient (Wildman–Crippen LogP) is 7.00. The molecule has 0 radical (unpaired) electrons. The number of hydrogen-bond donors (Lipinski definition) is 1. The minimum atomic E-state index is -0.759. The van der Waals surface area contributed by atoms with Crippen molar-refractivity contribution in [3.63, 3.8) is 0 Å². The largest absolute Gasteiger partial charge is 0.488 e. The predicted molar refractivity (Wildman–Crippen MR) is 243 cm³/mol. The zero-order chi connectivity index (χ0) is 44.2. The summed E-state index contributed by atoms with van der Waals surface area (Å²) < 4.78 is 37.5. The third-order valence-electron chi connectivity index (χ3n) is 15.2. The number of nitrogens with zero attached hydrogens (tertiary/aromatic N) is 7. The first-order valence-electron chi connectivity index (χ1n) is 24.3. The van der Waals surface area contributed by atoms with E-state index in [0.29, 0.717) is 41.9 Å². The van der Waals surface area contributed by atoms with E-state index in [1.807, 2.05) is 6.20 Å². The van der Waals surface area contributed by atoms with Gasteiger partial charge in [-0.15, -0.1) is 0 Å². The van der Waals surface area contributed by atoms with Gasteiger partial charge in [-0.1, -0.05) is 0 Å². The van der Waals surface area contributed by atoms with Crippen LogP contribution in [-0.4, -0.2) is 119 Å². The van der Waals surface area contributed by atoms with E-state index >= 15 is 4.39 Å². The van der Waals surface area contributed by atoms with E-state index in [1.54, 1.807) is 12.1 Å². The lowest BCUT2D eigenvalue weighted by molar-refractivity contribution is -0.136. The smallest absolute Gasteiger partial charge is 0.255 e. The number of amides is 3. The number of fused-ring (bicyclic) bond motifs is 2. The van der Waals surface area contributed by atoms with Crippen LogP contribution in [0, 0.1) is 11.7 Å². The minimum Gasteiger partial charge on any atom is -0.488 e. The number of carbonyl (C=O) groups excluding carboxylic acids is 3. The number of nitrogens with one attached hydrogen (secondary N) is 1. The van der Waals surface area contributed by atoms with Gasteiger partial charge in [0.15, 0.2) is 12.0 Å². The number of anilines is 2. The molecule has 344 valence electrons. The maximum atomic E-state index is 16.0. The van der Waals surface area contributed by atoms with Gasteiger partial charge in [0.1, 0.15) is 28.9 Å². The molecule has 14 nitrogen and oxygen atoms in total. The van der Waals surface area contributed by atoms with E-state index in [2.05, 4.69) is 62.0 Å². The Morgan fingerprint density at radius 1 is 0.862 bits per heavy atom. The SMILES string of the molecule is CC1(Oc2ccc3c(c2)c(-c2ccnc(N4CCC(O[C@H]5CC[C@H](CN6CCN(c7ccc8c(c7F)CN(C7CCC(=O)NC7=O)C8=O)CC6)CC5)CC4)c2)nn3C2CCCCO2)CC1. The van der Waals surface area contributed by atoms with E-state index in [1.165, 1.54) is 4.90 Å². The van der Waals surface area contributed by atoms with E-state index in [0.717, 1.165) is 144 Å². The van der Waals surface area contributed by atoms with Crippen LogP contribution in [0.25, 0.3) is 22.2 Å². The van der Waals surface area contributed by atoms with Crippen LogP contribution in [0.5, 0.6) is 5.75 Å². The molecule has 65 heavy (non-hydrogen) atoms. The Morgan fingerprint density at radius 3 is 2.42 bits per heavy atom. The summed E-state index contributed by atoms with van der Waals surface area (Å²) in [6, 6.07) is 13.3. The normalized spacial score (nSPS) is 26.4. The van der Waals surface area contributed by atoms with Crippen LogP contribution >= 0.6 is 0 Å².